The molecule has 0 bridgehead atoms. The van der Waals surface area contributed by atoms with Gasteiger partial charge in [-0.2, -0.15) is 0 Å². The van der Waals surface area contributed by atoms with Gasteiger partial charge in [0.1, 0.15) is 11.9 Å². The first-order valence-electron chi connectivity index (χ1n) is 4.91. The molecular formula is C11H11ClF2O3. The number of benzene rings is 1. The van der Waals surface area contributed by atoms with Crippen LogP contribution in [0.3, 0.4) is 0 Å². The predicted octanol–water partition coefficient (Wildman–Crippen LogP) is 2.41. The van der Waals surface area contributed by atoms with Crippen LogP contribution in [-0.4, -0.2) is 23.9 Å². The zero-order chi connectivity index (χ0) is 13.0. The van der Waals surface area contributed by atoms with E-state index in [-0.39, 0.29) is 17.2 Å². The van der Waals surface area contributed by atoms with Crippen molar-refractivity contribution in [2.45, 2.75) is 19.2 Å². The monoisotopic (exact) mass is 264 g/mol. The van der Waals surface area contributed by atoms with Crippen LogP contribution >= 0.6 is 11.6 Å². The van der Waals surface area contributed by atoms with E-state index in [1.54, 1.807) is 0 Å². The summed E-state index contributed by atoms with van der Waals surface area (Å²) in [5.41, 5.74) is -0.338. The van der Waals surface area contributed by atoms with Crippen molar-refractivity contribution in [3.63, 3.8) is 0 Å². The zero-order valence-electron chi connectivity index (χ0n) is 8.99. The van der Waals surface area contributed by atoms with E-state index in [9.17, 15) is 18.7 Å². The van der Waals surface area contributed by atoms with Crippen LogP contribution in [-0.2, 0) is 9.53 Å². The number of aliphatic hydroxyl groups excluding tert-OH is 1. The summed E-state index contributed by atoms with van der Waals surface area (Å²) in [5, 5.41) is 9.61. The zero-order valence-corrected chi connectivity index (χ0v) is 9.75. The normalized spacial score (nSPS) is 14.2. The molecule has 17 heavy (non-hydrogen) atoms. The Kier molecular flexibility index (Phi) is 4.84. The van der Waals surface area contributed by atoms with Gasteiger partial charge in [0.15, 0.2) is 0 Å². The molecule has 0 fully saturated rings. The van der Waals surface area contributed by atoms with Gasteiger partial charge in [0, 0.05) is 10.6 Å². The highest BCUT2D eigenvalue weighted by atomic mass is 35.5. The van der Waals surface area contributed by atoms with Crippen molar-refractivity contribution in [3.05, 3.63) is 34.6 Å². The number of halogens is 3. The Morgan fingerprint density at radius 2 is 2.24 bits per heavy atom. The van der Waals surface area contributed by atoms with Gasteiger partial charge in [-0.05, 0) is 19.1 Å². The summed E-state index contributed by atoms with van der Waals surface area (Å²) < 4.78 is 31.2. The second-order valence-corrected chi connectivity index (χ2v) is 3.70. The molecule has 0 amide bonds. The van der Waals surface area contributed by atoms with Crippen molar-refractivity contribution < 1.29 is 23.4 Å². The van der Waals surface area contributed by atoms with Crippen LogP contribution in [0.2, 0.25) is 5.02 Å². The topological polar surface area (TPSA) is 46.5 Å². The first-order valence-corrected chi connectivity index (χ1v) is 5.29. The summed E-state index contributed by atoms with van der Waals surface area (Å²) >= 11 is 5.51. The summed E-state index contributed by atoms with van der Waals surface area (Å²) in [6, 6.07) is 3.34. The molecule has 0 aliphatic carbocycles. The highest BCUT2D eigenvalue weighted by molar-refractivity contribution is 6.30. The molecular weight excluding hydrogens is 254 g/mol. The van der Waals surface area contributed by atoms with Gasteiger partial charge >= 0.3 is 5.97 Å². The molecule has 1 aromatic carbocycles. The van der Waals surface area contributed by atoms with Crippen LogP contribution in [0.15, 0.2) is 18.2 Å². The van der Waals surface area contributed by atoms with E-state index in [2.05, 4.69) is 4.74 Å². The van der Waals surface area contributed by atoms with Crippen LogP contribution in [0.25, 0.3) is 0 Å². The van der Waals surface area contributed by atoms with Crippen LogP contribution in [0, 0.1) is 5.82 Å². The van der Waals surface area contributed by atoms with Gasteiger partial charge in [0.05, 0.1) is 6.61 Å². The van der Waals surface area contributed by atoms with Gasteiger partial charge in [-0.15, -0.1) is 0 Å². The van der Waals surface area contributed by atoms with E-state index in [0.717, 1.165) is 12.1 Å². The summed E-state index contributed by atoms with van der Waals surface area (Å²) in [6.07, 6.45) is -4.24. The van der Waals surface area contributed by atoms with E-state index in [1.165, 1.54) is 13.0 Å². The third kappa shape index (κ3) is 3.38. The molecule has 1 rings (SSSR count). The summed E-state index contributed by atoms with van der Waals surface area (Å²) in [6.45, 7) is 1.48. The van der Waals surface area contributed by atoms with Gasteiger partial charge in [0.2, 0.25) is 6.17 Å². The Balaban J connectivity index is 2.88. The quantitative estimate of drug-likeness (QED) is 0.850. The molecule has 6 heteroatoms. The lowest BCUT2D eigenvalue weighted by atomic mass is 10.0. The van der Waals surface area contributed by atoms with Crippen molar-refractivity contribution in [3.8, 4) is 0 Å². The molecule has 3 nitrogen and oxygen atoms in total. The second-order valence-electron chi connectivity index (χ2n) is 3.26. The first kappa shape index (κ1) is 13.9. The average molecular weight is 265 g/mol. The van der Waals surface area contributed by atoms with Crippen molar-refractivity contribution in [2.24, 2.45) is 0 Å². The van der Waals surface area contributed by atoms with Crippen molar-refractivity contribution in [1.82, 2.24) is 0 Å². The lowest BCUT2D eigenvalue weighted by molar-refractivity contribution is -0.153. The van der Waals surface area contributed by atoms with Gasteiger partial charge in [-0.1, -0.05) is 17.7 Å². The Bertz CT molecular complexity index is 412. The van der Waals surface area contributed by atoms with E-state index >= 15 is 0 Å². The largest absolute Gasteiger partial charge is 0.464 e. The predicted molar refractivity (Wildman–Crippen MR) is 57.9 cm³/mol. The van der Waals surface area contributed by atoms with E-state index in [4.69, 9.17) is 11.6 Å². The lowest BCUT2D eigenvalue weighted by Crippen LogP contribution is -2.26. The summed E-state index contributed by atoms with van der Waals surface area (Å²) in [4.78, 5) is 11.0. The third-order valence-electron chi connectivity index (χ3n) is 2.07. The van der Waals surface area contributed by atoms with E-state index in [0.29, 0.717) is 0 Å². The second kappa shape index (κ2) is 5.93. The molecule has 0 radical (unpaired) electrons. The molecule has 0 aromatic heterocycles. The van der Waals surface area contributed by atoms with Gasteiger partial charge in [0.25, 0.3) is 0 Å². The Morgan fingerprint density at radius 3 is 2.76 bits per heavy atom. The molecule has 2 atom stereocenters. The number of ether oxygens (including phenoxy) is 1. The Hall–Kier alpha value is -1.20. The van der Waals surface area contributed by atoms with E-state index in [1.807, 2.05) is 0 Å². The van der Waals surface area contributed by atoms with E-state index < -0.39 is 24.1 Å². The van der Waals surface area contributed by atoms with Gasteiger partial charge < -0.3 is 9.84 Å². The smallest absolute Gasteiger partial charge is 0.343 e. The number of hydrogen-bond acceptors (Lipinski definition) is 3. The minimum atomic E-state index is -2.33. The number of aliphatic hydroxyl groups is 1. The number of esters is 1. The van der Waals surface area contributed by atoms with Crippen LogP contribution in [0.5, 0.6) is 0 Å². The first-order chi connectivity index (χ1) is 7.97. The molecule has 0 aliphatic heterocycles. The SMILES string of the molecule is CCOC(=O)C(F)C(O)c1ccc(Cl)cc1F. The van der Waals surface area contributed by atoms with Gasteiger partial charge in [-0.25, -0.2) is 13.6 Å². The molecule has 0 saturated carbocycles. The molecule has 0 spiro atoms. The Morgan fingerprint density at radius 1 is 1.59 bits per heavy atom. The maximum atomic E-state index is 13.4. The van der Waals surface area contributed by atoms with Crippen molar-refractivity contribution in [1.29, 1.82) is 0 Å². The van der Waals surface area contributed by atoms with Crippen molar-refractivity contribution >= 4 is 17.6 Å². The number of hydrogen-bond donors (Lipinski definition) is 1. The standard InChI is InChI=1S/C11H11ClF2O3/c1-2-17-11(16)9(14)10(15)7-4-3-6(12)5-8(7)13/h3-5,9-10,15H,2H2,1H3. The molecule has 0 aliphatic rings. The highest BCUT2D eigenvalue weighted by Gasteiger charge is 2.30. The lowest BCUT2D eigenvalue weighted by Gasteiger charge is -2.15. The fourth-order valence-corrected chi connectivity index (χ4v) is 1.41. The molecule has 0 heterocycles. The molecule has 1 N–H and O–H groups in total. The molecule has 2 unspecified atom stereocenters. The maximum Gasteiger partial charge on any atom is 0.343 e. The fourth-order valence-electron chi connectivity index (χ4n) is 1.25. The Labute approximate surface area is 102 Å². The minimum absolute atomic E-state index is 0.0188. The number of carbonyl (C=O) groups is 1. The average Bonchev–Trinajstić information content (AvgIpc) is 2.27. The molecule has 94 valence electrons. The summed E-state index contributed by atoms with van der Waals surface area (Å²) in [5.74, 6) is -2.11. The number of alkyl halides is 1. The van der Waals surface area contributed by atoms with Crippen LogP contribution in [0.1, 0.15) is 18.6 Å². The molecule has 1 aromatic rings. The molecule has 0 saturated heterocycles. The van der Waals surface area contributed by atoms with Crippen LogP contribution < -0.4 is 0 Å². The third-order valence-corrected chi connectivity index (χ3v) is 2.31. The van der Waals surface area contributed by atoms with Crippen LogP contribution in [0.4, 0.5) is 8.78 Å². The van der Waals surface area contributed by atoms with Gasteiger partial charge in [-0.3, -0.25) is 0 Å². The fraction of sp³-hybridized carbons (Fsp3) is 0.364. The number of carbonyl (C=O) groups excluding carboxylic acids is 1. The van der Waals surface area contributed by atoms with Crippen molar-refractivity contribution in [2.75, 3.05) is 6.61 Å². The maximum absolute atomic E-state index is 13.4. The summed E-state index contributed by atoms with van der Waals surface area (Å²) in [7, 11) is 0. The highest BCUT2D eigenvalue weighted by Crippen LogP contribution is 2.25. The minimum Gasteiger partial charge on any atom is -0.464 e. The number of rotatable bonds is 4.